The van der Waals surface area contributed by atoms with Crippen molar-refractivity contribution in [2.24, 2.45) is 0 Å². The van der Waals surface area contributed by atoms with Crippen molar-refractivity contribution in [1.82, 2.24) is 4.98 Å². The van der Waals surface area contributed by atoms with Crippen LogP contribution in [0.25, 0.3) is 0 Å². The largest absolute Gasteiger partial charge is 0.383 e. The van der Waals surface area contributed by atoms with Crippen LogP contribution < -0.4 is 5.73 Å². The molecule has 24 heavy (non-hydrogen) atoms. The van der Waals surface area contributed by atoms with Crippen molar-refractivity contribution in [3.05, 3.63) is 57.1 Å². The minimum absolute atomic E-state index is 0.0122. The van der Waals surface area contributed by atoms with Gasteiger partial charge in [0.25, 0.3) is 5.69 Å². The Morgan fingerprint density at radius 2 is 1.88 bits per heavy atom. The van der Waals surface area contributed by atoms with E-state index in [1.807, 2.05) is 12.1 Å². The van der Waals surface area contributed by atoms with Crippen molar-refractivity contribution in [3.63, 3.8) is 0 Å². The van der Waals surface area contributed by atoms with E-state index < -0.39 is 4.92 Å². The number of rotatable bonds is 5. The zero-order chi connectivity index (χ0) is 17.7. The molecule has 9 heteroatoms. The monoisotopic (exact) mass is 339 g/mol. The van der Waals surface area contributed by atoms with Gasteiger partial charge < -0.3 is 5.73 Å². The Hall–Kier alpha value is -3.43. The molecule has 2 aromatic rings. The number of thioether (sulfide) groups is 1. The highest BCUT2D eigenvalue weighted by atomic mass is 32.2. The second-order valence-corrected chi connectivity index (χ2v) is 5.48. The summed E-state index contributed by atoms with van der Waals surface area (Å²) in [5.74, 6) is -0.310. The number of ketones is 1. The number of nitrogen functional groups attached to an aromatic ring is 1. The van der Waals surface area contributed by atoms with Crippen LogP contribution in [-0.2, 0) is 0 Å². The third-order valence-corrected chi connectivity index (χ3v) is 3.99. The maximum absolute atomic E-state index is 12.1. The van der Waals surface area contributed by atoms with Crippen LogP contribution in [0.2, 0.25) is 0 Å². The number of aromatic nitrogens is 1. The van der Waals surface area contributed by atoms with Crippen LogP contribution in [0.1, 0.15) is 21.5 Å². The predicted octanol–water partition coefficient (Wildman–Crippen LogP) is 2.29. The first-order valence-corrected chi connectivity index (χ1v) is 7.46. The molecule has 0 atom stereocenters. The normalized spacial score (nSPS) is 9.75. The molecule has 0 radical (unpaired) electrons. The van der Waals surface area contributed by atoms with Crippen molar-refractivity contribution in [1.29, 1.82) is 10.5 Å². The number of anilines is 1. The van der Waals surface area contributed by atoms with Crippen LogP contribution in [0.15, 0.2) is 35.4 Å². The van der Waals surface area contributed by atoms with Crippen LogP contribution >= 0.6 is 11.8 Å². The molecular formula is C15H9N5O3S. The number of carbonyl (C=O) groups is 1. The first kappa shape index (κ1) is 16.9. The van der Waals surface area contributed by atoms with E-state index in [2.05, 4.69) is 4.98 Å². The van der Waals surface area contributed by atoms with Gasteiger partial charge in [-0.1, -0.05) is 11.8 Å². The Bertz CT molecular complexity index is 897. The zero-order valence-electron chi connectivity index (χ0n) is 12.1. The standard InChI is InChI=1S/C15H9N5O3S/c16-6-10-5-11(7-17)15(19-14(10)18)24-8-13(21)9-1-3-12(4-2-9)20(22)23/h1-5H,8H2,(H2,18,19). The second-order valence-electron chi connectivity index (χ2n) is 4.51. The fourth-order valence-corrected chi connectivity index (χ4v) is 2.63. The fourth-order valence-electron chi connectivity index (χ4n) is 1.78. The molecule has 0 saturated heterocycles. The number of nitrogens with zero attached hydrogens (tertiary/aromatic N) is 4. The van der Waals surface area contributed by atoms with Gasteiger partial charge in [-0.2, -0.15) is 10.5 Å². The number of pyridine rings is 1. The molecule has 1 heterocycles. The molecule has 0 aliphatic carbocycles. The molecule has 0 fully saturated rings. The van der Waals surface area contributed by atoms with Gasteiger partial charge in [-0.15, -0.1) is 0 Å². The van der Waals surface area contributed by atoms with E-state index in [0.29, 0.717) is 5.56 Å². The summed E-state index contributed by atoms with van der Waals surface area (Å²) in [6, 6.07) is 10.3. The van der Waals surface area contributed by atoms with Crippen molar-refractivity contribution in [2.45, 2.75) is 5.03 Å². The summed E-state index contributed by atoms with van der Waals surface area (Å²) >= 11 is 1.01. The lowest BCUT2D eigenvalue weighted by molar-refractivity contribution is -0.384. The minimum atomic E-state index is -0.550. The molecule has 2 rings (SSSR count). The average molecular weight is 339 g/mol. The molecule has 0 spiro atoms. The highest BCUT2D eigenvalue weighted by Crippen LogP contribution is 2.25. The summed E-state index contributed by atoms with van der Waals surface area (Å²) in [6.07, 6.45) is 0. The number of hydrogen-bond donors (Lipinski definition) is 1. The summed E-state index contributed by atoms with van der Waals surface area (Å²) in [5, 5.41) is 28.8. The third-order valence-electron chi connectivity index (χ3n) is 3.00. The maximum Gasteiger partial charge on any atom is 0.269 e. The Labute approximate surface area is 140 Å². The van der Waals surface area contributed by atoms with Gasteiger partial charge in [0.15, 0.2) is 5.78 Å². The SMILES string of the molecule is N#Cc1cc(C#N)c(SCC(=O)c2ccc([N+](=O)[O-])cc2)nc1N. The van der Waals surface area contributed by atoms with E-state index in [4.69, 9.17) is 16.3 Å². The molecule has 8 nitrogen and oxygen atoms in total. The smallest absolute Gasteiger partial charge is 0.269 e. The predicted molar refractivity (Wildman–Crippen MR) is 86.2 cm³/mol. The molecule has 0 aliphatic rings. The van der Waals surface area contributed by atoms with Gasteiger partial charge in [-0.25, -0.2) is 4.98 Å². The van der Waals surface area contributed by atoms with Gasteiger partial charge in [-0.05, 0) is 18.2 Å². The molecule has 1 aromatic carbocycles. The summed E-state index contributed by atoms with van der Waals surface area (Å²) in [4.78, 5) is 26.1. The Balaban J connectivity index is 2.15. The number of nitro groups is 1. The lowest BCUT2D eigenvalue weighted by Crippen LogP contribution is -2.04. The zero-order valence-corrected chi connectivity index (χ0v) is 12.9. The number of non-ortho nitro benzene ring substituents is 1. The number of carbonyl (C=O) groups excluding carboxylic acids is 1. The van der Waals surface area contributed by atoms with E-state index in [1.165, 1.54) is 30.3 Å². The molecule has 0 bridgehead atoms. The van der Waals surface area contributed by atoms with Crippen molar-refractivity contribution >= 4 is 29.1 Å². The molecule has 2 N–H and O–H groups in total. The van der Waals surface area contributed by atoms with E-state index in [1.54, 1.807) is 0 Å². The Kier molecular flexibility index (Phi) is 5.09. The van der Waals surface area contributed by atoms with Crippen molar-refractivity contribution in [2.75, 3.05) is 11.5 Å². The molecule has 0 unspecified atom stereocenters. The van der Waals surface area contributed by atoms with Crippen LogP contribution in [0, 0.1) is 32.8 Å². The number of Topliss-reactive ketones (excluding diaryl/α,β-unsaturated/α-hetero) is 1. The minimum Gasteiger partial charge on any atom is -0.383 e. The Morgan fingerprint density at radius 3 is 2.42 bits per heavy atom. The second kappa shape index (κ2) is 7.22. The van der Waals surface area contributed by atoms with E-state index in [9.17, 15) is 14.9 Å². The van der Waals surface area contributed by atoms with E-state index in [0.717, 1.165) is 11.8 Å². The quantitative estimate of drug-likeness (QED) is 0.377. The lowest BCUT2D eigenvalue weighted by atomic mass is 10.1. The number of nitro benzene ring substituents is 1. The van der Waals surface area contributed by atoms with Gasteiger partial charge in [0.1, 0.15) is 23.0 Å². The van der Waals surface area contributed by atoms with Crippen molar-refractivity contribution < 1.29 is 9.72 Å². The highest BCUT2D eigenvalue weighted by molar-refractivity contribution is 8.00. The summed E-state index contributed by atoms with van der Waals surface area (Å²) in [7, 11) is 0. The summed E-state index contributed by atoms with van der Waals surface area (Å²) in [5.41, 5.74) is 6.07. The van der Waals surface area contributed by atoms with Crippen molar-refractivity contribution in [3.8, 4) is 12.1 Å². The summed E-state index contributed by atoms with van der Waals surface area (Å²) < 4.78 is 0. The van der Waals surface area contributed by atoms with Gasteiger partial charge in [0, 0.05) is 17.7 Å². The van der Waals surface area contributed by atoms with Crippen LogP contribution in [-0.4, -0.2) is 21.4 Å². The van der Waals surface area contributed by atoms with E-state index in [-0.39, 0.29) is 39.2 Å². The van der Waals surface area contributed by atoms with Crippen LogP contribution in [0.3, 0.4) is 0 Å². The molecule has 0 saturated carbocycles. The average Bonchev–Trinajstić information content (AvgIpc) is 2.59. The molecule has 118 valence electrons. The molecule has 1 aromatic heterocycles. The number of hydrogen-bond acceptors (Lipinski definition) is 8. The number of nitriles is 2. The highest BCUT2D eigenvalue weighted by Gasteiger charge is 2.14. The van der Waals surface area contributed by atoms with Gasteiger partial charge >= 0.3 is 0 Å². The van der Waals surface area contributed by atoms with Gasteiger partial charge in [-0.3, -0.25) is 14.9 Å². The summed E-state index contributed by atoms with van der Waals surface area (Å²) in [6.45, 7) is 0. The van der Waals surface area contributed by atoms with Crippen LogP contribution in [0.5, 0.6) is 0 Å². The maximum atomic E-state index is 12.1. The van der Waals surface area contributed by atoms with Crippen LogP contribution in [0.4, 0.5) is 11.5 Å². The molecular weight excluding hydrogens is 330 g/mol. The molecule has 0 amide bonds. The van der Waals surface area contributed by atoms with Gasteiger partial charge in [0.2, 0.25) is 0 Å². The third kappa shape index (κ3) is 3.66. The van der Waals surface area contributed by atoms with Gasteiger partial charge in [0.05, 0.1) is 21.8 Å². The Morgan fingerprint density at radius 1 is 1.25 bits per heavy atom. The topological polar surface area (TPSA) is 147 Å². The first-order chi connectivity index (χ1) is 11.5. The van der Waals surface area contributed by atoms with E-state index >= 15 is 0 Å². The fraction of sp³-hybridized carbons (Fsp3) is 0.0667. The lowest BCUT2D eigenvalue weighted by Gasteiger charge is -2.05. The molecule has 0 aliphatic heterocycles. The number of benzene rings is 1. The first-order valence-electron chi connectivity index (χ1n) is 6.47. The number of nitrogens with two attached hydrogens (primary N) is 1.